The molecule has 2 saturated heterocycles. The molecule has 1 N–H and O–H groups in total. The Morgan fingerprint density at radius 2 is 2.00 bits per heavy atom. The topological polar surface area (TPSA) is 33.6 Å². The van der Waals surface area contributed by atoms with Gasteiger partial charge in [-0.1, -0.05) is 31.0 Å². The Bertz CT molecular complexity index is 333. The van der Waals surface area contributed by atoms with Gasteiger partial charge in [-0.2, -0.15) is 0 Å². The van der Waals surface area contributed by atoms with Gasteiger partial charge in [-0.15, -0.1) is 0 Å². The fourth-order valence-corrected chi connectivity index (χ4v) is 4.86. The molecule has 19 heavy (non-hydrogen) atoms. The first-order valence-electron chi connectivity index (χ1n) is 7.84. The molecule has 108 valence electrons. The molecule has 0 amide bonds. The molecule has 1 spiro atoms. The molecule has 1 aliphatic carbocycles. The van der Waals surface area contributed by atoms with E-state index in [1.54, 1.807) is 0 Å². The number of nitrogens with one attached hydrogen (secondary N) is 1. The SMILES string of the molecule is CC(N=C1NC2(CCCCC2)CS1)C1CCOCC1. The molecule has 2 aliphatic heterocycles. The Labute approximate surface area is 121 Å². The minimum Gasteiger partial charge on any atom is -0.381 e. The second-order valence-corrected chi connectivity index (χ2v) is 7.34. The van der Waals surface area contributed by atoms with Crippen molar-refractivity contribution in [1.82, 2.24) is 5.32 Å². The lowest BCUT2D eigenvalue weighted by Gasteiger charge is -2.33. The van der Waals surface area contributed by atoms with Crippen molar-refractivity contribution in [2.45, 2.75) is 63.5 Å². The molecule has 0 aromatic carbocycles. The van der Waals surface area contributed by atoms with Gasteiger partial charge in [0.1, 0.15) is 0 Å². The number of nitrogens with zero attached hydrogens (tertiary/aromatic N) is 1. The van der Waals surface area contributed by atoms with Crippen LogP contribution in [-0.4, -0.2) is 35.7 Å². The van der Waals surface area contributed by atoms with Crippen molar-refractivity contribution in [2.75, 3.05) is 19.0 Å². The third-order valence-electron chi connectivity index (χ3n) is 4.94. The van der Waals surface area contributed by atoms with Crippen LogP contribution in [0.15, 0.2) is 4.99 Å². The van der Waals surface area contributed by atoms with Crippen LogP contribution < -0.4 is 5.32 Å². The molecule has 3 aliphatic rings. The quantitative estimate of drug-likeness (QED) is 0.844. The van der Waals surface area contributed by atoms with Crippen LogP contribution in [0.4, 0.5) is 0 Å². The van der Waals surface area contributed by atoms with E-state index in [1.807, 2.05) is 11.8 Å². The summed E-state index contributed by atoms with van der Waals surface area (Å²) in [4.78, 5) is 4.96. The van der Waals surface area contributed by atoms with Crippen LogP contribution in [0.3, 0.4) is 0 Å². The zero-order chi connectivity index (χ0) is 13.1. The molecule has 0 aromatic heterocycles. The van der Waals surface area contributed by atoms with E-state index in [4.69, 9.17) is 9.73 Å². The predicted octanol–water partition coefficient (Wildman–Crippen LogP) is 3.20. The molecule has 0 bridgehead atoms. The van der Waals surface area contributed by atoms with Crippen LogP contribution in [0.1, 0.15) is 51.9 Å². The van der Waals surface area contributed by atoms with Crippen molar-refractivity contribution in [3.63, 3.8) is 0 Å². The van der Waals surface area contributed by atoms with Gasteiger partial charge in [-0.25, -0.2) is 0 Å². The zero-order valence-electron chi connectivity index (χ0n) is 12.0. The summed E-state index contributed by atoms with van der Waals surface area (Å²) in [5.41, 5.74) is 0.386. The Morgan fingerprint density at radius 1 is 1.26 bits per heavy atom. The Hall–Kier alpha value is -0.220. The molecular formula is C15H26N2OS. The van der Waals surface area contributed by atoms with Crippen LogP contribution in [0.5, 0.6) is 0 Å². The highest BCUT2D eigenvalue weighted by molar-refractivity contribution is 8.14. The first-order valence-corrected chi connectivity index (χ1v) is 8.83. The summed E-state index contributed by atoms with van der Waals surface area (Å²) in [5, 5.41) is 4.97. The van der Waals surface area contributed by atoms with E-state index in [-0.39, 0.29) is 0 Å². The summed E-state index contributed by atoms with van der Waals surface area (Å²) in [7, 11) is 0. The fourth-order valence-electron chi connectivity index (χ4n) is 3.56. The van der Waals surface area contributed by atoms with Gasteiger partial charge in [0.05, 0.1) is 6.04 Å². The molecule has 1 atom stereocenters. The molecule has 3 rings (SSSR count). The average Bonchev–Trinajstić information content (AvgIpc) is 2.83. The minimum absolute atomic E-state index is 0.386. The third-order valence-corrected chi connectivity index (χ3v) is 6.11. The summed E-state index contributed by atoms with van der Waals surface area (Å²) in [5.74, 6) is 1.94. The summed E-state index contributed by atoms with van der Waals surface area (Å²) >= 11 is 1.95. The Morgan fingerprint density at radius 3 is 2.74 bits per heavy atom. The van der Waals surface area contributed by atoms with Gasteiger partial charge in [0.25, 0.3) is 0 Å². The smallest absolute Gasteiger partial charge is 0.157 e. The van der Waals surface area contributed by atoms with E-state index in [2.05, 4.69) is 12.2 Å². The van der Waals surface area contributed by atoms with Gasteiger partial charge in [0.2, 0.25) is 0 Å². The van der Waals surface area contributed by atoms with Crippen molar-refractivity contribution in [1.29, 1.82) is 0 Å². The van der Waals surface area contributed by atoms with Crippen molar-refractivity contribution >= 4 is 16.9 Å². The van der Waals surface area contributed by atoms with Gasteiger partial charge >= 0.3 is 0 Å². The van der Waals surface area contributed by atoms with Gasteiger partial charge < -0.3 is 10.1 Å². The summed E-state index contributed by atoms with van der Waals surface area (Å²) in [6.45, 7) is 4.12. The second-order valence-electron chi connectivity index (χ2n) is 6.38. The number of ether oxygens (including phenoxy) is 1. The number of amidine groups is 1. The lowest BCUT2D eigenvalue weighted by Crippen LogP contribution is -2.45. The monoisotopic (exact) mass is 282 g/mol. The van der Waals surface area contributed by atoms with Crippen molar-refractivity contribution < 1.29 is 4.74 Å². The normalized spacial score (nSPS) is 31.5. The van der Waals surface area contributed by atoms with E-state index < -0.39 is 0 Å². The minimum atomic E-state index is 0.386. The van der Waals surface area contributed by atoms with E-state index in [9.17, 15) is 0 Å². The average molecular weight is 282 g/mol. The summed E-state index contributed by atoms with van der Waals surface area (Å²) in [6, 6.07) is 0.442. The van der Waals surface area contributed by atoms with Crippen molar-refractivity contribution in [3.8, 4) is 0 Å². The maximum absolute atomic E-state index is 5.44. The lowest BCUT2D eigenvalue weighted by atomic mass is 9.83. The van der Waals surface area contributed by atoms with Crippen LogP contribution in [0.25, 0.3) is 0 Å². The summed E-state index contributed by atoms with van der Waals surface area (Å²) < 4.78 is 5.44. The highest BCUT2D eigenvalue weighted by atomic mass is 32.2. The van der Waals surface area contributed by atoms with Gasteiger partial charge in [0, 0.05) is 24.5 Å². The standard InChI is InChI=1S/C15H26N2OS/c1-12(13-5-9-18-10-6-13)16-14-17-15(11-19-14)7-3-2-4-8-15/h12-13H,2-11H2,1H3,(H,16,17). The Balaban J connectivity index is 1.58. The van der Waals surface area contributed by atoms with Gasteiger partial charge in [-0.05, 0) is 38.5 Å². The largest absolute Gasteiger partial charge is 0.381 e. The molecule has 3 fully saturated rings. The number of hydrogen-bond donors (Lipinski definition) is 1. The summed E-state index contributed by atoms with van der Waals surface area (Å²) in [6.07, 6.45) is 9.21. The predicted molar refractivity (Wildman–Crippen MR) is 81.8 cm³/mol. The fraction of sp³-hybridized carbons (Fsp3) is 0.933. The molecule has 0 aromatic rings. The second kappa shape index (κ2) is 6.04. The first kappa shape index (κ1) is 13.7. The first-order chi connectivity index (χ1) is 9.27. The molecule has 1 saturated carbocycles. The lowest BCUT2D eigenvalue weighted by molar-refractivity contribution is 0.0605. The van der Waals surface area contributed by atoms with E-state index >= 15 is 0 Å². The van der Waals surface area contributed by atoms with Crippen LogP contribution >= 0.6 is 11.8 Å². The Kier molecular flexibility index (Phi) is 4.37. The number of aliphatic imine (C=N–C) groups is 1. The molecular weight excluding hydrogens is 256 g/mol. The van der Waals surface area contributed by atoms with E-state index in [1.165, 1.54) is 55.9 Å². The maximum atomic E-state index is 5.44. The van der Waals surface area contributed by atoms with E-state index in [0.717, 1.165) is 13.2 Å². The van der Waals surface area contributed by atoms with Gasteiger partial charge in [0.15, 0.2) is 5.17 Å². The third kappa shape index (κ3) is 3.27. The van der Waals surface area contributed by atoms with Gasteiger partial charge in [-0.3, -0.25) is 4.99 Å². The molecule has 2 heterocycles. The zero-order valence-corrected chi connectivity index (χ0v) is 12.8. The van der Waals surface area contributed by atoms with Crippen molar-refractivity contribution in [2.24, 2.45) is 10.9 Å². The molecule has 3 nitrogen and oxygen atoms in total. The number of rotatable bonds is 2. The maximum Gasteiger partial charge on any atom is 0.157 e. The molecule has 0 radical (unpaired) electrons. The van der Waals surface area contributed by atoms with Crippen LogP contribution in [-0.2, 0) is 4.74 Å². The number of thioether (sulfide) groups is 1. The van der Waals surface area contributed by atoms with E-state index in [0.29, 0.717) is 17.5 Å². The van der Waals surface area contributed by atoms with Crippen LogP contribution in [0.2, 0.25) is 0 Å². The number of hydrogen-bond acceptors (Lipinski definition) is 3. The van der Waals surface area contributed by atoms with Crippen molar-refractivity contribution in [3.05, 3.63) is 0 Å². The van der Waals surface area contributed by atoms with Crippen LogP contribution in [0, 0.1) is 5.92 Å². The molecule has 1 unspecified atom stereocenters. The highest BCUT2D eigenvalue weighted by Crippen LogP contribution is 2.36. The highest BCUT2D eigenvalue weighted by Gasteiger charge is 2.38. The molecule has 4 heteroatoms.